The van der Waals surface area contributed by atoms with Crippen LogP contribution in [0.3, 0.4) is 0 Å². The predicted octanol–water partition coefficient (Wildman–Crippen LogP) is -0.119. The SMILES string of the molecule is c1ccc2sc(NC3=[NH+]C[NH+](C4CCCCC4)CN3)nc2c1. The first-order valence-corrected chi connectivity index (χ1v) is 9.02. The van der Waals surface area contributed by atoms with Gasteiger partial charge in [0, 0.05) is 0 Å². The number of anilines is 1. The molecule has 1 aromatic heterocycles. The van der Waals surface area contributed by atoms with Crippen molar-refractivity contribution >= 4 is 32.6 Å². The molecule has 0 bridgehead atoms. The van der Waals surface area contributed by atoms with Crippen LogP contribution in [0.4, 0.5) is 5.13 Å². The lowest BCUT2D eigenvalue weighted by molar-refractivity contribution is -1.00. The van der Waals surface area contributed by atoms with Crippen LogP contribution in [-0.4, -0.2) is 30.3 Å². The molecule has 1 fully saturated rings. The minimum Gasteiger partial charge on any atom is -0.274 e. The Bertz CT molecular complexity index is 641. The van der Waals surface area contributed by atoms with Gasteiger partial charge in [0.2, 0.25) is 0 Å². The van der Waals surface area contributed by atoms with Crippen LogP contribution in [0.25, 0.3) is 10.2 Å². The van der Waals surface area contributed by atoms with E-state index >= 15 is 0 Å². The average molecular weight is 317 g/mol. The maximum Gasteiger partial charge on any atom is 0.359 e. The standard InChI is InChI=1S/C16H21N5S/c1-2-6-12(7-3-1)21-10-17-15(18-11-21)20-16-19-13-8-4-5-9-14(13)22-16/h4-5,8-9,12H,1-3,6-7,10-11H2,(H2,17,18,19,20)/p+2. The summed E-state index contributed by atoms with van der Waals surface area (Å²) >= 11 is 1.69. The first kappa shape index (κ1) is 14.0. The summed E-state index contributed by atoms with van der Waals surface area (Å²) in [4.78, 5) is 9.73. The number of hydrogen-bond acceptors (Lipinski definition) is 4. The lowest BCUT2D eigenvalue weighted by Gasteiger charge is -2.30. The van der Waals surface area contributed by atoms with Crippen molar-refractivity contribution in [1.82, 2.24) is 10.3 Å². The van der Waals surface area contributed by atoms with Crippen LogP contribution in [0.2, 0.25) is 0 Å². The number of hydrogen-bond donors (Lipinski definition) is 4. The Hall–Kier alpha value is -1.66. The molecule has 1 unspecified atom stereocenters. The maximum atomic E-state index is 4.62. The molecule has 1 aliphatic heterocycles. The monoisotopic (exact) mass is 317 g/mol. The summed E-state index contributed by atoms with van der Waals surface area (Å²) in [6, 6.07) is 9.07. The van der Waals surface area contributed by atoms with Crippen molar-refractivity contribution in [3.05, 3.63) is 24.3 Å². The van der Waals surface area contributed by atoms with Crippen LogP contribution >= 0.6 is 11.3 Å². The number of aromatic nitrogens is 1. The van der Waals surface area contributed by atoms with Crippen molar-refractivity contribution in [3.63, 3.8) is 0 Å². The lowest BCUT2D eigenvalue weighted by atomic mass is 9.94. The highest BCUT2D eigenvalue weighted by molar-refractivity contribution is 7.22. The van der Waals surface area contributed by atoms with E-state index in [2.05, 4.69) is 38.8 Å². The minimum absolute atomic E-state index is 0.817. The molecule has 0 radical (unpaired) electrons. The van der Waals surface area contributed by atoms with Crippen LogP contribution < -0.4 is 20.5 Å². The van der Waals surface area contributed by atoms with E-state index in [0.717, 1.165) is 36.0 Å². The summed E-state index contributed by atoms with van der Waals surface area (Å²) < 4.78 is 1.22. The molecule has 1 saturated carbocycles. The van der Waals surface area contributed by atoms with Gasteiger partial charge in [0.25, 0.3) is 5.13 Å². The van der Waals surface area contributed by atoms with Gasteiger partial charge in [-0.1, -0.05) is 29.9 Å². The molecule has 0 spiro atoms. The van der Waals surface area contributed by atoms with Gasteiger partial charge in [-0.3, -0.25) is 4.90 Å². The minimum atomic E-state index is 0.817. The first-order valence-electron chi connectivity index (χ1n) is 8.20. The largest absolute Gasteiger partial charge is 0.359 e. The summed E-state index contributed by atoms with van der Waals surface area (Å²) in [6.07, 6.45) is 6.96. The van der Waals surface area contributed by atoms with Crippen molar-refractivity contribution in [2.24, 2.45) is 0 Å². The Kier molecular flexibility index (Phi) is 3.95. The van der Waals surface area contributed by atoms with E-state index in [0.29, 0.717) is 0 Å². The van der Waals surface area contributed by atoms with E-state index < -0.39 is 0 Å². The summed E-state index contributed by atoms with van der Waals surface area (Å²) in [6.45, 7) is 1.98. The van der Waals surface area contributed by atoms with Crippen molar-refractivity contribution in [3.8, 4) is 0 Å². The van der Waals surface area contributed by atoms with E-state index in [-0.39, 0.29) is 0 Å². The highest BCUT2D eigenvalue weighted by atomic mass is 32.1. The third-order valence-corrected chi connectivity index (χ3v) is 5.64. The third-order valence-electron chi connectivity index (χ3n) is 4.69. The molecule has 6 heteroatoms. The molecule has 22 heavy (non-hydrogen) atoms. The van der Waals surface area contributed by atoms with Crippen molar-refractivity contribution < 1.29 is 9.89 Å². The van der Waals surface area contributed by atoms with E-state index in [1.807, 2.05) is 6.07 Å². The molecule has 2 aliphatic rings. The smallest absolute Gasteiger partial charge is 0.274 e. The van der Waals surface area contributed by atoms with E-state index in [9.17, 15) is 0 Å². The molecule has 1 atom stereocenters. The zero-order chi connectivity index (χ0) is 14.8. The fraction of sp³-hybridized carbons (Fsp3) is 0.500. The molecular formula is C16H23N5S+2. The zero-order valence-electron chi connectivity index (χ0n) is 12.7. The molecule has 4 rings (SSSR count). The summed E-state index contributed by atoms with van der Waals surface area (Å²) in [5.41, 5.74) is 1.06. The molecule has 0 saturated heterocycles. The second-order valence-electron chi connectivity index (χ2n) is 6.19. The first-order chi connectivity index (χ1) is 10.9. The number of para-hydroxylation sites is 1. The molecule has 2 heterocycles. The molecule has 5 nitrogen and oxygen atoms in total. The Balaban J connectivity index is 1.40. The van der Waals surface area contributed by atoms with Crippen molar-refractivity contribution in [2.75, 3.05) is 18.7 Å². The second kappa shape index (κ2) is 6.22. The molecule has 4 N–H and O–H groups in total. The van der Waals surface area contributed by atoms with Crippen LogP contribution in [0, 0.1) is 0 Å². The van der Waals surface area contributed by atoms with Gasteiger partial charge in [-0.05, 0) is 37.8 Å². The zero-order valence-corrected chi connectivity index (χ0v) is 13.5. The Labute approximate surface area is 134 Å². The van der Waals surface area contributed by atoms with E-state index in [1.54, 1.807) is 16.2 Å². The van der Waals surface area contributed by atoms with Gasteiger partial charge < -0.3 is 0 Å². The average Bonchev–Trinajstić information content (AvgIpc) is 2.98. The number of quaternary nitrogens is 1. The molecule has 2 aromatic rings. The number of nitrogens with zero attached hydrogens (tertiary/aromatic N) is 1. The number of nitrogens with one attached hydrogen (secondary N) is 4. The molecular weight excluding hydrogens is 294 g/mol. The fourth-order valence-electron chi connectivity index (χ4n) is 3.45. The van der Waals surface area contributed by atoms with Gasteiger partial charge in [0.15, 0.2) is 13.3 Å². The summed E-state index contributed by atoms with van der Waals surface area (Å²) in [7, 11) is 0. The second-order valence-corrected chi connectivity index (χ2v) is 7.22. The highest BCUT2D eigenvalue weighted by Crippen LogP contribution is 2.24. The van der Waals surface area contributed by atoms with Crippen LogP contribution in [0.15, 0.2) is 24.3 Å². The van der Waals surface area contributed by atoms with E-state index in [4.69, 9.17) is 0 Å². The topological polar surface area (TPSA) is 55.4 Å². The number of rotatable bonds is 2. The van der Waals surface area contributed by atoms with Gasteiger partial charge >= 0.3 is 5.96 Å². The van der Waals surface area contributed by atoms with Crippen LogP contribution in [-0.2, 0) is 0 Å². The van der Waals surface area contributed by atoms with E-state index in [1.165, 1.54) is 36.8 Å². The number of thiazole rings is 1. The molecule has 1 aliphatic carbocycles. The van der Waals surface area contributed by atoms with Gasteiger partial charge in [-0.15, -0.1) is 0 Å². The Morgan fingerprint density at radius 2 is 2.09 bits per heavy atom. The molecule has 116 valence electrons. The van der Waals surface area contributed by atoms with Crippen molar-refractivity contribution in [2.45, 2.75) is 38.1 Å². The van der Waals surface area contributed by atoms with Gasteiger partial charge in [-0.25, -0.2) is 20.6 Å². The third kappa shape index (κ3) is 2.94. The molecule has 1 aromatic carbocycles. The number of fused-ring (bicyclic) bond motifs is 1. The number of benzene rings is 1. The van der Waals surface area contributed by atoms with Gasteiger partial charge in [-0.2, -0.15) is 0 Å². The lowest BCUT2D eigenvalue weighted by Crippen LogP contribution is -3.26. The number of guanidine groups is 1. The van der Waals surface area contributed by atoms with Gasteiger partial charge in [0.1, 0.15) is 0 Å². The predicted molar refractivity (Wildman–Crippen MR) is 89.9 cm³/mol. The maximum absolute atomic E-state index is 4.62. The normalized spacial score (nSPS) is 23.1. The summed E-state index contributed by atoms with van der Waals surface area (Å²) in [5.74, 6) is 0.985. The fourth-order valence-corrected chi connectivity index (χ4v) is 4.32. The van der Waals surface area contributed by atoms with Gasteiger partial charge in [0.05, 0.1) is 16.3 Å². The summed E-state index contributed by atoms with van der Waals surface area (Å²) in [5, 5.41) is 7.81. The van der Waals surface area contributed by atoms with Crippen molar-refractivity contribution in [1.29, 1.82) is 0 Å². The molecule has 0 amide bonds. The Morgan fingerprint density at radius 1 is 1.23 bits per heavy atom. The Morgan fingerprint density at radius 3 is 2.86 bits per heavy atom. The quantitative estimate of drug-likeness (QED) is 0.625. The van der Waals surface area contributed by atoms with Crippen LogP contribution in [0.1, 0.15) is 32.1 Å². The highest BCUT2D eigenvalue weighted by Gasteiger charge is 2.29. The van der Waals surface area contributed by atoms with Crippen LogP contribution in [0.5, 0.6) is 0 Å².